The summed E-state index contributed by atoms with van der Waals surface area (Å²) in [6.07, 6.45) is 1.28. The Morgan fingerprint density at radius 1 is 0.921 bits per heavy atom. The molecule has 5 aromatic rings. The van der Waals surface area contributed by atoms with Crippen molar-refractivity contribution in [2.24, 2.45) is 7.05 Å². The molecule has 3 heterocycles. The van der Waals surface area contributed by atoms with Crippen molar-refractivity contribution >= 4 is 44.7 Å². The fourth-order valence-corrected chi connectivity index (χ4v) is 5.28. The van der Waals surface area contributed by atoms with Gasteiger partial charge in [-0.3, -0.25) is 28.4 Å². The van der Waals surface area contributed by atoms with Crippen LogP contribution in [0.25, 0.3) is 15.9 Å². The van der Waals surface area contributed by atoms with E-state index in [0.29, 0.717) is 32.3 Å². The summed E-state index contributed by atoms with van der Waals surface area (Å²) in [5.74, 6) is -0.885. The van der Waals surface area contributed by atoms with Crippen molar-refractivity contribution < 1.29 is 9.59 Å². The molecule has 2 amide bonds. The number of aromatic nitrogens is 4. The molecule has 5 rings (SSSR count). The molecule has 0 aliphatic rings. The van der Waals surface area contributed by atoms with Crippen LogP contribution in [-0.4, -0.2) is 30.7 Å². The standard InChI is InChI=1S/C27H24N6O4S/c1-16-21-25(38-23(16)24(35)29-18-10-6-4-7-11-18)28-15-32(26(21)36)14-20(34)30-22-17(2)31(3)33(27(22)37)19-12-8-5-9-13-19/h4-13,15H,14H2,1-3H3,(H,29,35)(H,30,34). The first-order chi connectivity index (χ1) is 18.3. The van der Waals surface area contributed by atoms with Crippen LogP contribution in [0.4, 0.5) is 11.4 Å². The van der Waals surface area contributed by atoms with Gasteiger partial charge in [-0.05, 0) is 43.7 Å². The molecule has 3 aromatic heterocycles. The van der Waals surface area contributed by atoms with Crippen LogP contribution in [0, 0.1) is 13.8 Å². The third-order valence-corrected chi connectivity index (χ3v) is 7.49. The van der Waals surface area contributed by atoms with Crippen LogP contribution in [0.15, 0.2) is 76.6 Å². The topological polar surface area (TPSA) is 120 Å². The van der Waals surface area contributed by atoms with E-state index >= 15 is 0 Å². The van der Waals surface area contributed by atoms with Gasteiger partial charge >= 0.3 is 0 Å². The van der Waals surface area contributed by atoms with Gasteiger partial charge in [0.15, 0.2) is 0 Å². The number of fused-ring (bicyclic) bond motifs is 1. The van der Waals surface area contributed by atoms with Gasteiger partial charge in [-0.2, -0.15) is 0 Å². The largest absolute Gasteiger partial charge is 0.321 e. The monoisotopic (exact) mass is 528 g/mol. The molecule has 0 aliphatic heterocycles. The maximum absolute atomic E-state index is 13.3. The van der Waals surface area contributed by atoms with E-state index in [2.05, 4.69) is 15.6 Å². The first kappa shape index (κ1) is 24.9. The van der Waals surface area contributed by atoms with Gasteiger partial charge in [0, 0.05) is 12.7 Å². The van der Waals surface area contributed by atoms with Crippen LogP contribution in [0.5, 0.6) is 0 Å². The van der Waals surface area contributed by atoms with Crippen molar-refractivity contribution in [3.05, 3.63) is 104 Å². The zero-order valence-corrected chi connectivity index (χ0v) is 21.7. The second-order valence-electron chi connectivity index (χ2n) is 8.72. The molecule has 10 nitrogen and oxygen atoms in total. The molecule has 0 fully saturated rings. The summed E-state index contributed by atoms with van der Waals surface area (Å²) in [5, 5.41) is 5.76. The summed E-state index contributed by atoms with van der Waals surface area (Å²) in [4.78, 5) is 57.2. The number of carbonyl (C=O) groups is 2. The Morgan fingerprint density at radius 3 is 2.26 bits per heavy atom. The number of rotatable bonds is 6. The highest BCUT2D eigenvalue weighted by molar-refractivity contribution is 7.20. The normalized spacial score (nSPS) is 11.0. The number of amides is 2. The lowest BCUT2D eigenvalue weighted by Gasteiger charge is -2.07. The van der Waals surface area contributed by atoms with E-state index in [1.807, 2.05) is 36.4 Å². The zero-order valence-electron chi connectivity index (χ0n) is 20.9. The van der Waals surface area contributed by atoms with Crippen molar-refractivity contribution in [1.82, 2.24) is 18.9 Å². The Kier molecular flexibility index (Phi) is 6.52. The predicted molar refractivity (Wildman–Crippen MR) is 147 cm³/mol. The van der Waals surface area contributed by atoms with Gasteiger partial charge in [0.25, 0.3) is 17.0 Å². The summed E-state index contributed by atoms with van der Waals surface area (Å²) in [6, 6.07) is 18.1. The Bertz CT molecular complexity index is 1800. The van der Waals surface area contributed by atoms with Gasteiger partial charge in [0.05, 0.1) is 28.0 Å². The van der Waals surface area contributed by atoms with Crippen LogP contribution in [-0.2, 0) is 18.4 Å². The number of nitrogens with zero attached hydrogens (tertiary/aromatic N) is 4. The van der Waals surface area contributed by atoms with Gasteiger partial charge in [-0.1, -0.05) is 36.4 Å². The average molecular weight is 529 g/mol. The van der Waals surface area contributed by atoms with Gasteiger partial charge in [0.1, 0.15) is 17.1 Å². The lowest BCUT2D eigenvalue weighted by Crippen LogP contribution is -2.29. The highest BCUT2D eigenvalue weighted by Crippen LogP contribution is 2.27. The van der Waals surface area contributed by atoms with Gasteiger partial charge in [-0.25, -0.2) is 9.67 Å². The molecule has 0 unspecified atom stereocenters. The number of hydrogen-bond acceptors (Lipinski definition) is 6. The number of nitrogens with one attached hydrogen (secondary N) is 2. The summed E-state index contributed by atoms with van der Waals surface area (Å²) >= 11 is 1.12. The quantitative estimate of drug-likeness (QED) is 0.350. The Morgan fingerprint density at radius 2 is 1.58 bits per heavy atom. The lowest BCUT2D eigenvalue weighted by atomic mass is 10.2. The maximum atomic E-state index is 13.3. The Balaban J connectivity index is 1.40. The lowest BCUT2D eigenvalue weighted by molar-refractivity contribution is -0.116. The van der Waals surface area contributed by atoms with Crippen LogP contribution in [0.3, 0.4) is 0 Å². The van der Waals surface area contributed by atoms with E-state index < -0.39 is 11.5 Å². The van der Waals surface area contributed by atoms with Gasteiger partial charge < -0.3 is 10.6 Å². The van der Waals surface area contributed by atoms with Crippen LogP contribution >= 0.6 is 11.3 Å². The molecule has 192 valence electrons. The van der Waals surface area contributed by atoms with E-state index in [4.69, 9.17) is 0 Å². The molecular weight excluding hydrogens is 504 g/mol. The molecule has 0 spiro atoms. The number of thiophene rings is 1. The molecule has 2 N–H and O–H groups in total. The summed E-state index contributed by atoms with van der Waals surface area (Å²) in [6.45, 7) is 3.07. The summed E-state index contributed by atoms with van der Waals surface area (Å²) in [7, 11) is 1.73. The van der Waals surface area contributed by atoms with Crippen molar-refractivity contribution in [3.63, 3.8) is 0 Å². The molecule has 0 bridgehead atoms. The minimum Gasteiger partial charge on any atom is -0.321 e. The van der Waals surface area contributed by atoms with E-state index in [1.165, 1.54) is 15.6 Å². The SMILES string of the molecule is Cc1c(C(=O)Nc2ccccc2)sc2ncn(CC(=O)Nc3c(C)n(C)n(-c4ccccc4)c3=O)c(=O)c12. The maximum Gasteiger partial charge on any atom is 0.295 e. The molecule has 0 saturated heterocycles. The second kappa shape index (κ2) is 9.94. The second-order valence-corrected chi connectivity index (χ2v) is 9.72. The molecule has 0 radical (unpaired) electrons. The first-order valence-corrected chi connectivity index (χ1v) is 12.6. The van der Waals surface area contributed by atoms with Crippen molar-refractivity contribution in [2.75, 3.05) is 10.6 Å². The summed E-state index contributed by atoms with van der Waals surface area (Å²) < 4.78 is 4.29. The summed E-state index contributed by atoms with van der Waals surface area (Å²) in [5.41, 5.74) is 1.67. The van der Waals surface area contributed by atoms with E-state index in [9.17, 15) is 19.2 Å². The van der Waals surface area contributed by atoms with E-state index in [1.54, 1.807) is 49.8 Å². The average Bonchev–Trinajstić information content (AvgIpc) is 3.36. The molecule has 0 atom stereocenters. The third kappa shape index (κ3) is 4.43. The van der Waals surface area contributed by atoms with Crippen LogP contribution < -0.4 is 21.8 Å². The zero-order chi connectivity index (χ0) is 27.0. The third-order valence-electron chi connectivity index (χ3n) is 6.29. The fourth-order valence-electron chi connectivity index (χ4n) is 4.24. The van der Waals surface area contributed by atoms with Gasteiger partial charge in [0.2, 0.25) is 5.91 Å². The predicted octanol–water partition coefficient (Wildman–Crippen LogP) is 3.46. The van der Waals surface area contributed by atoms with Crippen molar-refractivity contribution in [1.29, 1.82) is 0 Å². The van der Waals surface area contributed by atoms with Crippen LogP contribution in [0.1, 0.15) is 20.9 Å². The number of aryl methyl sites for hydroxylation is 1. The first-order valence-electron chi connectivity index (χ1n) is 11.7. The molecule has 0 saturated carbocycles. The molecular formula is C27H24N6O4S. The Labute approximate surface area is 220 Å². The van der Waals surface area contributed by atoms with E-state index in [-0.39, 0.29) is 29.1 Å². The number of benzene rings is 2. The minimum absolute atomic E-state index is 0.134. The molecule has 38 heavy (non-hydrogen) atoms. The number of carbonyl (C=O) groups excluding carboxylic acids is 2. The highest BCUT2D eigenvalue weighted by atomic mass is 32.1. The minimum atomic E-state index is -0.547. The fraction of sp³-hybridized carbons (Fsp3) is 0.148. The van der Waals surface area contributed by atoms with Crippen molar-refractivity contribution in [2.45, 2.75) is 20.4 Å². The van der Waals surface area contributed by atoms with Gasteiger partial charge in [-0.15, -0.1) is 11.3 Å². The number of anilines is 2. The molecule has 11 heteroatoms. The number of para-hydroxylation sites is 2. The molecule has 2 aromatic carbocycles. The van der Waals surface area contributed by atoms with Crippen molar-refractivity contribution in [3.8, 4) is 5.69 Å². The van der Waals surface area contributed by atoms with Crippen LogP contribution in [0.2, 0.25) is 0 Å². The highest BCUT2D eigenvalue weighted by Gasteiger charge is 2.22. The Hall–Kier alpha value is -4.77. The van der Waals surface area contributed by atoms with E-state index in [0.717, 1.165) is 11.3 Å². The molecule has 0 aliphatic carbocycles. The number of hydrogen-bond donors (Lipinski definition) is 2. The smallest absolute Gasteiger partial charge is 0.295 e.